The van der Waals surface area contributed by atoms with Gasteiger partial charge in [-0.3, -0.25) is 0 Å². The van der Waals surface area contributed by atoms with Crippen LogP contribution in [0, 0.1) is 6.92 Å². The summed E-state index contributed by atoms with van der Waals surface area (Å²) in [5.74, 6) is 2.47. The lowest BCUT2D eigenvalue weighted by Crippen LogP contribution is -2.34. The van der Waals surface area contributed by atoms with Crippen LogP contribution in [0.5, 0.6) is 0 Å². The Bertz CT molecular complexity index is 926. The molecule has 1 aromatic carbocycles. The van der Waals surface area contributed by atoms with Crippen LogP contribution in [0.4, 0.5) is 0 Å². The highest BCUT2D eigenvalue weighted by atomic mass is 35.5. The summed E-state index contributed by atoms with van der Waals surface area (Å²) in [4.78, 5) is 9.03. The molecule has 0 bridgehead atoms. The number of para-hydroxylation sites is 1. The van der Waals surface area contributed by atoms with Gasteiger partial charge in [0.1, 0.15) is 5.82 Å². The number of aryl methyl sites for hydroxylation is 1. The van der Waals surface area contributed by atoms with Gasteiger partial charge in [0.25, 0.3) is 5.89 Å². The predicted octanol–water partition coefficient (Wildman–Crippen LogP) is 3.90. The van der Waals surface area contributed by atoms with Crippen LogP contribution in [0.25, 0.3) is 17.4 Å². The van der Waals surface area contributed by atoms with Gasteiger partial charge in [0.05, 0.1) is 11.2 Å². The molecule has 144 valence electrons. The van der Waals surface area contributed by atoms with E-state index in [1.807, 2.05) is 29.8 Å². The maximum Gasteiger partial charge on any atom is 0.297 e. The van der Waals surface area contributed by atoms with E-state index in [2.05, 4.69) is 40.1 Å². The molecule has 2 N–H and O–H groups in total. The third kappa shape index (κ3) is 3.49. The second-order valence-electron chi connectivity index (χ2n) is 7.39. The Hall–Kier alpha value is -2.25. The normalized spacial score (nSPS) is 15.9. The Kier molecular flexibility index (Phi) is 5.35. The standard InChI is InChI=1S/C19H24N6O.ClH/c1-12(2)14-8-4-5-9-15(14)25-13(3)21-16(23-25)17-22-18(24-26-17)19(20)10-6-7-11-19;/h4-5,8-9,12H,6-7,10-11,20H2,1-3H3;1H. The van der Waals surface area contributed by atoms with Crippen molar-refractivity contribution < 1.29 is 4.52 Å². The number of hydrogen-bond acceptors (Lipinski definition) is 6. The van der Waals surface area contributed by atoms with Gasteiger partial charge >= 0.3 is 0 Å². The topological polar surface area (TPSA) is 95.7 Å². The maximum absolute atomic E-state index is 6.42. The number of rotatable bonds is 4. The summed E-state index contributed by atoms with van der Waals surface area (Å²) in [6, 6.07) is 8.21. The van der Waals surface area contributed by atoms with Gasteiger partial charge in [-0.1, -0.05) is 50.0 Å². The first-order chi connectivity index (χ1) is 12.5. The van der Waals surface area contributed by atoms with Crippen molar-refractivity contribution in [1.82, 2.24) is 24.9 Å². The maximum atomic E-state index is 6.42. The summed E-state index contributed by atoms with van der Waals surface area (Å²) in [5, 5.41) is 8.73. The molecule has 0 radical (unpaired) electrons. The van der Waals surface area contributed by atoms with Crippen molar-refractivity contribution in [1.29, 1.82) is 0 Å². The van der Waals surface area contributed by atoms with Crippen molar-refractivity contribution in [3.8, 4) is 17.4 Å². The van der Waals surface area contributed by atoms with Gasteiger partial charge < -0.3 is 10.3 Å². The molecular weight excluding hydrogens is 364 g/mol. The van der Waals surface area contributed by atoms with E-state index in [1.54, 1.807) is 0 Å². The Morgan fingerprint density at radius 1 is 1.15 bits per heavy atom. The van der Waals surface area contributed by atoms with Crippen molar-refractivity contribution >= 4 is 12.4 Å². The lowest BCUT2D eigenvalue weighted by atomic mass is 9.99. The number of nitrogens with zero attached hydrogens (tertiary/aromatic N) is 5. The average Bonchev–Trinajstić information content (AvgIpc) is 3.34. The highest BCUT2D eigenvalue weighted by molar-refractivity contribution is 5.85. The van der Waals surface area contributed by atoms with Crippen LogP contribution in [0.1, 0.15) is 62.7 Å². The minimum atomic E-state index is -0.483. The van der Waals surface area contributed by atoms with E-state index in [4.69, 9.17) is 10.3 Å². The van der Waals surface area contributed by atoms with E-state index >= 15 is 0 Å². The fraction of sp³-hybridized carbons (Fsp3) is 0.474. The minimum absolute atomic E-state index is 0. The van der Waals surface area contributed by atoms with Crippen molar-refractivity contribution in [2.24, 2.45) is 5.73 Å². The average molecular weight is 389 g/mol. The molecule has 0 unspecified atom stereocenters. The van der Waals surface area contributed by atoms with E-state index in [-0.39, 0.29) is 12.4 Å². The van der Waals surface area contributed by atoms with Crippen molar-refractivity contribution in [3.63, 3.8) is 0 Å². The van der Waals surface area contributed by atoms with Crippen molar-refractivity contribution in [3.05, 3.63) is 41.5 Å². The number of hydrogen-bond donors (Lipinski definition) is 1. The Balaban J connectivity index is 0.00000210. The summed E-state index contributed by atoms with van der Waals surface area (Å²) in [6.45, 7) is 6.25. The molecule has 2 heterocycles. The summed E-state index contributed by atoms with van der Waals surface area (Å²) in [7, 11) is 0. The van der Waals surface area contributed by atoms with Crippen molar-refractivity contribution in [2.75, 3.05) is 0 Å². The molecule has 1 fully saturated rings. The molecule has 1 aliphatic carbocycles. The summed E-state index contributed by atoms with van der Waals surface area (Å²) < 4.78 is 7.27. The van der Waals surface area contributed by atoms with Crippen LogP contribution in [0.2, 0.25) is 0 Å². The smallest absolute Gasteiger partial charge is 0.297 e. The van der Waals surface area contributed by atoms with Crippen molar-refractivity contribution in [2.45, 2.75) is 57.9 Å². The molecule has 0 saturated heterocycles. The first kappa shape index (κ1) is 19.5. The summed E-state index contributed by atoms with van der Waals surface area (Å²) >= 11 is 0. The fourth-order valence-electron chi connectivity index (χ4n) is 3.62. The van der Waals surface area contributed by atoms with E-state index in [9.17, 15) is 0 Å². The number of benzene rings is 1. The second kappa shape index (κ2) is 7.40. The Morgan fingerprint density at radius 2 is 1.85 bits per heavy atom. The molecule has 0 aliphatic heterocycles. The van der Waals surface area contributed by atoms with E-state index in [1.165, 1.54) is 5.56 Å². The second-order valence-corrected chi connectivity index (χ2v) is 7.39. The Labute approximate surface area is 164 Å². The molecular formula is C19H25ClN6O. The predicted molar refractivity (Wildman–Crippen MR) is 105 cm³/mol. The number of nitrogens with two attached hydrogens (primary N) is 1. The van der Waals surface area contributed by atoms with Gasteiger partial charge in [0.15, 0.2) is 5.82 Å². The highest BCUT2D eigenvalue weighted by Gasteiger charge is 2.36. The van der Waals surface area contributed by atoms with Crippen LogP contribution in [0.15, 0.2) is 28.8 Å². The molecule has 1 saturated carbocycles. The third-order valence-electron chi connectivity index (χ3n) is 5.11. The molecule has 0 atom stereocenters. The van der Waals surface area contributed by atoms with Gasteiger partial charge in [-0.05, 0) is 37.3 Å². The van der Waals surface area contributed by atoms with E-state index in [0.717, 1.165) is 37.2 Å². The van der Waals surface area contributed by atoms with E-state index in [0.29, 0.717) is 23.5 Å². The summed E-state index contributed by atoms with van der Waals surface area (Å²) in [6.07, 6.45) is 3.96. The SMILES string of the molecule is Cc1nc(-c2nc(C3(N)CCCC3)no2)nn1-c1ccccc1C(C)C.Cl. The van der Waals surface area contributed by atoms with Crippen LogP contribution < -0.4 is 5.73 Å². The Morgan fingerprint density at radius 3 is 2.56 bits per heavy atom. The molecule has 8 heteroatoms. The van der Waals surface area contributed by atoms with Crippen LogP contribution in [-0.2, 0) is 5.54 Å². The first-order valence-corrected chi connectivity index (χ1v) is 9.14. The quantitative estimate of drug-likeness (QED) is 0.728. The lowest BCUT2D eigenvalue weighted by Gasteiger charge is -2.17. The summed E-state index contributed by atoms with van der Waals surface area (Å²) in [5.41, 5.74) is 8.17. The van der Waals surface area contributed by atoms with Gasteiger partial charge in [0, 0.05) is 0 Å². The van der Waals surface area contributed by atoms with Gasteiger partial charge in [0.2, 0.25) is 5.82 Å². The van der Waals surface area contributed by atoms with Crippen LogP contribution >= 0.6 is 12.4 Å². The van der Waals surface area contributed by atoms with E-state index < -0.39 is 5.54 Å². The molecule has 0 spiro atoms. The number of aromatic nitrogens is 5. The van der Waals surface area contributed by atoms with Crippen LogP contribution in [0.3, 0.4) is 0 Å². The third-order valence-corrected chi connectivity index (χ3v) is 5.11. The highest BCUT2D eigenvalue weighted by Crippen LogP contribution is 2.35. The molecule has 7 nitrogen and oxygen atoms in total. The zero-order valence-electron chi connectivity index (χ0n) is 15.8. The minimum Gasteiger partial charge on any atom is -0.330 e. The zero-order chi connectivity index (χ0) is 18.3. The molecule has 2 aromatic heterocycles. The zero-order valence-corrected chi connectivity index (χ0v) is 16.7. The van der Waals surface area contributed by atoms with Gasteiger partial charge in [-0.25, -0.2) is 9.67 Å². The van der Waals surface area contributed by atoms with Crippen LogP contribution in [-0.4, -0.2) is 24.9 Å². The molecule has 3 aromatic rings. The van der Waals surface area contributed by atoms with Gasteiger partial charge in [-0.15, -0.1) is 17.5 Å². The number of halogens is 1. The molecule has 1 aliphatic rings. The largest absolute Gasteiger partial charge is 0.330 e. The monoisotopic (exact) mass is 388 g/mol. The molecule has 27 heavy (non-hydrogen) atoms. The van der Waals surface area contributed by atoms with Gasteiger partial charge in [-0.2, -0.15) is 4.98 Å². The first-order valence-electron chi connectivity index (χ1n) is 9.14. The molecule has 0 amide bonds. The lowest BCUT2D eigenvalue weighted by molar-refractivity contribution is 0.372. The molecule has 4 rings (SSSR count). The fourth-order valence-corrected chi connectivity index (χ4v) is 3.62.